The quantitative estimate of drug-likeness (QED) is 0.162. The average Bonchev–Trinajstić information content (AvgIpc) is 3.36. The first-order valence-electron chi connectivity index (χ1n) is 12.3. The second kappa shape index (κ2) is 13.7. The largest absolute Gasteiger partial charge is 0.496 e. The molecule has 0 radical (unpaired) electrons. The lowest BCUT2D eigenvalue weighted by atomic mass is 10.1. The van der Waals surface area contributed by atoms with Crippen molar-refractivity contribution in [2.75, 3.05) is 38.2 Å². The molecule has 4 aromatic rings. The van der Waals surface area contributed by atoms with Gasteiger partial charge in [0, 0.05) is 17.9 Å². The van der Waals surface area contributed by atoms with E-state index < -0.39 is 13.2 Å². The number of hydrogen-bond donors (Lipinski definition) is 2. The molecule has 0 spiro atoms. The number of rotatable bonds is 14. The third kappa shape index (κ3) is 7.80. The molecule has 1 unspecified atom stereocenters. The van der Waals surface area contributed by atoms with Crippen molar-refractivity contribution in [2.24, 2.45) is 0 Å². The van der Waals surface area contributed by atoms with Gasteiger partial charge in [-0.1, -0.05) is 48.2 Å². The molecular weight excluding hydrogens is 557 g/mol. The maximum absolute atomic E-state index is 13.5. The number of nitrogens with one attached hydrogen (secondary N) is 1. The van der Waals surface area contributed by atoms with Crippen molar-refractivity contribution in [3.05, 3.63) is 81.9 Å². The first-order chi connectivity index (χ1) is 19.3. The predicted octanol–water partition coefficient (Wildman–Crippen LogP) is 3.99. The standard InChI is InChI=1S/C26H30N5O7PS/c1-18-8-9-20(14-21(18)35-2)25(33)40-13-12-37-39(34,38-15-19-6-4-3-5-7-19)17-36-11-10-31-16-28-22-23(31)29-26(27)30-24(22)32/h3-9,14,16H,10-13,15,17H2,1-2H3,(H3,27,29,30,32). The Morgan fingerprint density at radius 1 is 1.15 bits per heavy atom. The number of nitrogens with zero attached hydrogens (tertiary/aromatic N) is 3. The molecule has 2 heterocycles. The Hall–Kier alpha value is -3.48. The van der Waals surface area contributed by atoms with E-state index in [1.54, 1.807) is 23.8 Å². The summed E-state index contributed by atoms with van der Waals surface area (Å²) in [5.41, 5.74) is 7.93. The summed E-state index contributed by atoms with van der Waals surface area (Å²) in [6, 6.07) is 14.5. The summed E-state index contributed by atoms with van der Waals surface area (Å²) in [5, 5.41) is -0.154. The lowest BCUT2D eigenvalue weighted by molar-refractivity contribution is 0.108. The topological polar surface area (TPSA) is 161 Å². The van der Waals surface area contributed by atoms with Crippen molar-refractivity contribution < 1.29 is 27.9 Å². The Bertz CT molecular complexity index is 1560. The van der Waals surface area contributed by atoms with Crippen molar-refractivity contribution in [2.45, 2.75) is 20.1 Å². The van der Waals surface area contributed by atoms with E-state index in [9.17, 15) is 14.2 Å². The molecule has 2 aromatic carbocycles. The molecule has 0 fully saturated rings. The van der Waals surface area contributed by atoms with Gasteiger partial charge in [-0.15, -0.1) is 0 Å². The first kappa shape index (κ1) is 29.5. The molecule has 0 bridgehead atoms. The molecule has 12 nitrogen and oxygen atoms in total. The van der Waals surface area contributed by atoms with Gasteiger partial charge in [-0.2, -0.15) is 4.98 Å². The first-order valence-corrected chi connectivity index (χ1v) is 15.0. The fourth-order valence-electron chi connectivity index (χ4n) is 3.67. The highest BCUT2D eigenvalue weighted by Gasteiger charge is 2.26. The summed E-state index contributed by atoms with van der Waals surface area (Å²) in [6.45, 7) is 2.36. The number of anilines is 1. The maximum Gasteiger partial charge on any atom is 0.356 e. The van der Waals surface area contributed by atoms with Crippen LogP contribution in [0.4, 0.5) is 5.95 Å². The van der Waals surface area contributed by atoms with E-state index in [0.29, 0.717) is 17.0 Å². The molecule has 212 valence electrons. The fourth-order valence-corrected chi connectivity index (χ4v) is 5.73. The normalized spacial score (nSPS) is 12.8. The molecule has 0 saturated heterocycles. The van der Waals surface area contributed by atoms with Crippen LogP contribution in [0.25, 0.3) is 11.2 Å². The number of carbonyl (C=O) groups excluding carboxylic acids is 1. The van der Waals surface area contributed by atoms with Crippen molar-refractivity contribution >= 4 is 41.6 Å². The Balaban J connectivity index is 1.32. The molecule has 1 atom stereocenters. The molecular formula is C26H30N5O7PS. The van der Waals surface area contributed by atoms with Crippen molar-refractivity contribution in [3.63, 3.8) is 0 Å². The predicted molar refractivity (Wildman–Crippen MR) is 153 cm³/mol. The number of nitrogen functional groups attached to an aromatic ring is 1. The van der Waals surface area contributed by atoms with Crippen LogP contribution in [0.5, 0.6) is 5.75 Å². The molecule has 0 amide bonds. The van der Waals surface area contributed by atoms with Crippen LogP contribution in [0.1, 0.15) is 21.5 Å². The minimum atomic E-state index is -3.69. The van der Waals surface area contributed by atoms with E-state index in [1.165, 1.54) is 6.33 Å². The van der Waals surface area contributed by atoms with Crippen LogP contribution in [0.15, 0.2) is 59.7 Å². The van der Waals surface area contributed by atoms with Crippen molar-refractivity contribution in [1.29, 1.82) is 0 Å². The van der Waals surface area contributed by atoms with Crippen LogP contribution in [-0.2, 0) is 31.5 Å². The molecule has 0 aliphatic rings. The number of benzene rings is 2. The summed E-state index contributed by atoms with van der Waals surface area (Å²) >= 11 is 1.05. The third-order valence-electron chi connectivity index (χ3n) is 5.74. The number of aromatic amines is 1. The number of hydrogen-bond acceptors (Lipinski definition) is 11. The molecule has 0 aliphatic heterocycles. The highest BCUT2D eigenvalue weighted by Crippen LogP contribution is 2.49. The van der Waals surface area contributed by atoms with Gasteiger partial charge in [-0.25, -0.2) is 4.98 Å². The number of aromatic nitrogens is 4. The third-order valence-corrected chi connectivity index (χ3v) is 8.20. The number of imidazole rings is 1. The highest BCUT2D eigenvalue weighted by molar-refractivity contribution is 8.14. The second-order valence-corrected chi connectivity index (χ2v) is 11.7. The van der Waals surface area contributed by atoms with Gasteiger partial charge < -0.3 is 28.8 Å². The molecule has 14 heteroatoms. The Labute approximate surface area is 234 Å². The van der Waals surface area contributed by atoms with E-state index in [-0.39, 0.29) is 55.0 Å². The number of fused-ring (bicyclic) bond motifs is 1. The number of H-pyrrole nitrogens is 1. The van der Waals surface area contributed by atoms with E-state index in [0.717, 1.165) is 22.9 Å². The zero-order chi connectivity index (χ0) is 28.5. The van der Waals surface area contributed by atoms with Crippen LogP contribution in [0.2, 0.25) is 0 Å². The molecule has 2 aromatic heterocycles. The van der Waals surface area contributed by atoms with Gasteiger partial charge in [-0.05, 0) is 30.2 Å². The van der Waals surface area contributed by atoms with Gasteiger partial charge in [0.2, 0.25) is 11.1 Å². The lowest BCUT2D eigenvalue weighted by Crippen LogP contribution is -2.13. The van der Waals surface area contributed by atoms with E-state index >= 15 is 0 Å². The molecule has 40 heavy (non-hydrogen) atoms. The van der Waals surface area contributed by atoms with Gasteiger partial charge >= 0.3 is 7.60 Å². The van der Waals surface area contributed by atoms with Crippen LogP contribution in [-0.4, -0.2) is 57.1 Å². The summed E-state index contributed by atoms with van der Waals surface area (Å²) < 4.78 is 37.4. The minimum Gasteiger partial charge on any atom is -0.496 e. The average molecular weight is 588 g/mol. The summed E-state index contributed by atoms with van der Waals surface area (Å²) in [5.74, 6) is 0.870. The number of nitrogens with two attached hydrogens (primary N) is 1. The molecule has 4 rings (SSSR count). The molecule has 3 N–H and O–H groups in total. The van der Waals surface area contributed by atoms with Crippen LogP contribution in [0, 0.1) is 6.92 Å². The Kier molecular flexibility index (Phi) is 10.1. The van der Waals surface area contributed by atoms with E-state index in [2.05, 4.69) is 15.0 Å². The highest BCUT2D eigenvalue weighted by atomic mass is 32.2. The van der Waals surface area contributed by atoms with Gasteiger partial charge in [0.25, 0.3) is 5.56 Å². The minimum absolute atomic E-state index is 0.00691. The van der Waals surface area contributed by atoms with Crippen LogP contribution in [0.3, 0.4) is 0 Å². The Morgan fingerprint density at radius 2 is 1.95 bits per heavy atom. The lowest BCUT2D eigenvalue weighted by Gasteiger charge is -2.19. The van der Waals surface area contributed by atoms with Crippen molar-refractivity contribution in [1.82, 2.24) is 19.5 Å². The summed E-state index contributed by atoms with van der Waals surface area (Å²) in [4.78, 5) is 35.1. The van der Waals surface area contributed by atoms with Gasteiger partial charge in [0.05, 0.1) is 33.3 Å². The number of aryl methyl sites for hydroxylation is 1. The summed E-state index contributed by atoms with van der Waals surface area (Å²) in [6.07, 6.45) is 1.14. The number of carbonyl (C=O) groups is 1. The van der Waals surface area contributed by atoms with Gasteiger partial charge in [-0.3, -0.25) is 19.1 Å². The SMILES string of the molecule is COc1cc(C(=O)SCCOP(=O)(COCCn2cnc3c(=O)[nH]c(N)nc32)OCc2ccccc2)ccc1C. The number of methoxy groups -OCH3 is 1. The maximum atomic E-state index is 13.5. The fraction of sp³-hybridized carbons (Fsp3) is 0.308. The zero-order valence-corrected chi connectivity index (χ0v) is 23.8. The van der Waals surface area contributed by atoms with Crippen LogP contribution >= 0.6 is 19.4 Å². The number of thioether (sulfide) groups is 1. The van der Waals surface area contributed by atoms with Gasteiger partial charge in [0.1, 0.15) is 12.1 Å². The van der Waals surface area contributed by atoms with Crippen molar-refractivity contribution in [3.8, 4) is 5.75 Å². The van der Waals surface area contributed by atoms with Gasteiger partial charge in [0.15, 0.2) is 11.2 Å². The van der Waals surface area contributed by atoms with Crippen LogP contribution < -0.4 is 16.0 Å². The van der Waals surface area contributed by atoms with E-state index in [1.807, 2.05) is 43.3 Å². The monoisotopic (exact) mass is 587 g/mol. The smallest absolute Gasteiger partial charge is 0.356 e. The summed E-state index contributed by atoms with van der Waals surface area (Å²) in [7, 11) is -2.13. The molecule has 0 saturated carbocycles. The Morgan fingerprint density at radius 3 is 2.73 bits per heavy atom. The van der Waals surface area contributed by atoms with E-state index in [4.69, 9.17) is 24.3 Å². The zero-order valence-electron chi connectivity index (χ0n) is 22.1. The number of ether oxygens (including phenoxy) is 2. The molecule has 0 aliphatic carbocycles. The second-order valence-electron chi connectivity index (χ2n) is 8.62.